The largest absolute Gasteiger partial charge is 0.297 e. The zero-order valence-corrected chi connectivity index (χ0v) is 13.9. The Kier molecular flexibility index (Phi) is 3.25. The molecule has 3 rings (SSSR count). The highest BCUT2D eigenvalue weighted by Gasteiger charge is 2.60. The highest BCUT2D eigenvalue weighted by atomic mass is 15.3. The van der Waals surface area contributed by atoms with Crippen LogP contribution in [0.2, 0.25) is 0 Å². The number of benzene rings is 1. The van der Waals surface area contributed by atoms with Crippen molar-refractivity contribution in [2.45, 2.75) is 65.0 Å². The van der Waals surface area contributed by atoms with Gasteiger partial charge in [0, 0.05) is 18.0 Å². The van der Waals surface area contributed by atoms with Crippen molar-refractivity contribution >= 4 is 0 Å². The Hall–Kier alpha value is -0.820. The molecule has 2 aliphatic rings. The van der Waals surface area contributed by atoms with Gasteiger partial charge < -0.3 is 0 Å². The number of hydrogen-bond acceptors (Lipinski definition) is 1. The Morgan fingerprint density at radius 1 is 1.15 bits per heavy atom. The summed E-state index contributed by atoms with van der Waals surface area (Å²) in [6.07, 6.45) is 1.38. The van der Waals surface area contributed by atoms with Gasteiger partial charge in [0.05, 0.1) is 0 Å². The van der Waals surface area contributed by atoms with Gasteiger partial charge in [-0.3, -0.25) is 4.90 Å². The first-order valence-electron chi connectivity index (χ1n) is 8.13. The van der Waals surface area contributed by atoms with Crippen LogP contribution < -0.4 is 0 Å². The maximum absolute atomic E-state index is 2.59. The molecule has 5 unspecified atom stereocenters. The summed E-state index contributed by atoms with van der Waals surface area (Å²) < 4.78 is 0. The lowest BCUT2D eigenvalue weighted by atomic mass is 9.70. The second-order valence-corrected chi connectivity index (χ2v) is 8.24. The first-order valence-corrected chi connectivity index (χ1v) is 8.13. The molecular weight excluding hydrogens is 242 g/mol. The van der Waals surface area contributed by atoms with Crippen LogP contribution in [0.15, 0.2) is 24.3 Å². The topological polar surface area (TPSA) is 3.01 Å². The van der Waals surface area contributed by atoms with E-state index in [0.717, 1.165) is 23.9 Å². The third kappa shape index (κ3) is 2.11. The molecule has 1 heteroatoms. The summed E-state index contributed by atoms with van der Waals surface area (Å²) in [5, 5.41) is 0. The highest BCUT2D eigenvalue weighted by Crippen LogP contribution is 2.59. The molecule has 1 saturated carbocycles. The van der Waals surface area contributed by atoms with Crippen molar-refractivity contribution < 1.29 is 0 Å². The highest BCUT2D eigenvalue weighted by molar-refractivity contribution is 5.39. The standard InChI is InChI=1S/C19H29N/c1-12(2)13-9-7-8-10-14(13)17-15(19(3,4)5)11-16-18(17)20(16)6/h7-10,12,15-18H,11H2,1-6H3. The summed E-state index contributed by atoms with van der Waals surface area (Å²) >= 11 is 0. The first kappa shape index (κ1) is 14.1. The molecule has 1 nitrogen and oxygen atoms in total. The number of likely N-dealkylation sites (tertiary alicyclic amines) is 1. The van der Waals surface area contributed by atoms with Crippen molar-refractivity contribution in [3.63, 3.8) is 0 Å². The molecule has 1 heterocycles. The second-order valence-electron chi connectivity index (χ2n) is 8.24. The van der Waals surface area contributed by atoms with Crippen molar-refractivity contribution in [1.82, 2.24) is 4.90 Å². The number of fused-ring (bicyclic) bond motifs is 1. The van der Waals surface area contributed by atoms with Crippen LogP contribution in [0.1, 0.15) is 64.0 Å². The molecule has 1 aliphatic heterocycles. The van der Waals surface area contributed by atoms with Crippen LogP contribution in [0, 0.1) is 11.3 Å². The molecule has 110 valence electrons. The minimum absolute atomic E-state index is 0.406. The van der Waals surface area contributed by atoms with Crippen LogP contribution in [-0.2, 0) is 0 Å². The van der Waals surface area contributed by atoms with Crippen molar-refractivity contribution in [3.8, 4) is 0 Å². The average Bonchev–Trinajstić information content (AvgIpc) is 2.84. The van der Waals surface area contributed by atoms with E-state index >= 15 is 0 Å². The van der Waals surface area contributed by atoms with E-state index in [1.54, 1.807) is 11.1 Å². The summed E-state index contributed by atoms with van der Waals surface area (Å²) in [7, 11) is 2.30. The summed E-state index contributed by atoms with van der Waals surface area (Å²) in [5.41, 5.74) is 3.59. The van der Waals surface area contributed by atoms with Crippen LogP contribution in [0.4, 0.5) is 0 Å². The Balaban J connectivity index is 2.02. The lowest BCUT2D eigenvalue weighted by molar-refractivity contribution is 0.185. The summed E-state index contributed by atoms with van der Waals surface area (Å²) in [6, 6.07) is 10.8. The monoisotopic (exact) mass is 271 g/mol. The van der Waals surface area contributed by atoms with Crippen LogP contribution >= 0.6 is 0 Å². The van der Waals surface area contributed by atoms with Gasteiger partial charge in [0.25, 0.3) is 0 Å². The van der Waals surface area contributed by atoms with E-state index in [2.05, 4.69) is 70.8 Å². The number of nitrogens with zero attached hydrogens (tertiary/aromatic N) is 1. The van der Waals surface area contributed by atoms with Gasteiger partial charge in [-0.25, -0.2) is 0 Å². The Labute approximate surface area is 124 Å². The number of likely N-dealkylation sites (N-methyl/N-ethyl adjacent to an activating group) is 1. The first-order chi connectivity index (χ1) is 9.32. The van der Waals surface area contributed by atoms with E-state index in [0.29, 0.717) is 11.3 Å². The number of rotatable bonds is 2. The molecule has 0 N–H and O–H groups in total. The Morgan fingerprint density at radius 3 is 2.40 bits per heavy atom. The molecule has 0 amide bonds. The normalized spacial score (nSPS) is 36.2. The van der Waals surface area contributed by atoms with Gasteiger partial charge >= 0.3 is 0 Å². The van der Waals surface area contributed by atoms with Gasteiger partial charge in [0.2, 0.25) is 0 Å². The zero-order valence-electron chi connectivity index (χ0n) is 13.9. The minimum atomic E-state index is 0.406. The number of piperidine rings is 1. The Morgan fingerprint density at radius 2 is 1.80 bits per heavy atom. The Bertz CT molecular complexity index is 497. The molecule has 0 radical (unpaired) electrons. The fourth-order valence-corrected chi connectivity index (χ4v) is 4.51. The van der Waals surface area contributed by atoms with E-state index in [1.807, 2.05) is 0 Å². The predicted octanol–water partition coefficient (Wildman–Crippen LogP) is 4.64. The van der Waals surface area contributed by atoms with Crippen molar-refractivity contribution in [1.29, 1.82) is 0 Å². The summed E-state index contributed by atoms with van der Waals surface area (Å²) in [6.45, 7) is 11.9. The maximum Gasteiger partial charge on any atom is 0.0323 e. The molecule has 1 aromatic carbocycles. The fourth-order valence-electron chi connectivity index (χ4n) is 4.51. The van der Waals surface area contributed by atoms with Gasteiger partial charge in [0.15, 0.2) is 0 Å². The maximum atomic E-state index is 2.59. The van der Waals surface area contributed by atoms with Gasteiger partial charge in [-0.15, -0.1) is 0 Å². The fraction of sp³-hybridized carbons (Fsp3) is 0.684. The summed E-state index contributed by atoms with van der Waals surface area (Å²) in [5.74, 6) is 2.16. The van der Waals surface area contributed by atoms with Gasteiger partial charge in [-0.2, -0.15) is 0 Å². The molecule has 5 atom stereocenters. The SMILES string of the molecule is CC(C)c1ccccc1C1C2C(CC1C(C)(C)C)N2C. The van der Waals surface area contributed by atoms with Gasteiger partial charge in [0.1, 0.15) is 0 Å². The molecule has 20 heavy (non-hydrogen) atoms. The third-order valence-corrected chi connectivity index (χ3v) is 5.68. The molecular formula is C19H29N. The van der Waals surface area contributed by atoms with Crippen LogP contribution in [-0.4, -0.2) is 24.0 Å². The van der Waals surface area contributed by atoms with E-state index in [9.17, 15) is 0 Å². The van der Waals surface area contributed by atoms with E-state index < -0.39 is 0 Å². The van der Waals surface area contributed by atoms with Crippen molar-refractivity contribution in [2.75, 3.05) is 7.05 Å². The average molecular weight is 271 g/mol. The molecule has 1 saturated heterocycles. The molecule has 0 spiro atoms. The lowest BCUT2D eigenvalue weighted by Crippen LogP contribution is -2.29. The third-order valence-electron chi connectivity index (χ3n) is 5.68. The van der Waals surface area contributed by atoms with Crippen molar-refractivity contribution in [2.24, 2.45) is 11.3 Å². The predicted molar refractivity (Wildman–Crippen MR) is 86.2 cm³/mol. The quantitative estimate of drug-likeness (QED) is 0.708. The molecule has 2 fully saturated rings. The molecule has 1 aromatic rings. The second kappa shape index (κ2) is 4.59. The molecule has 1 aliphatic carbocycles. The van der Waals surface area contributed by atoms with Crippen LogP contribution in [0.5, 0.6) is 0 Å². The summed E-state index contributed by atoms with van der Waals surface area (Å²) in [4.78, 5) is 2.59. The van der Waals surface area contributed by atoms with E-state index in [4.69, 9.17) is 0 Å². The van der Waals surface area contributed by atoms with Crippen LogP contribution in [0.25, 0.3) is 0 Å². The van der Waals surface area contributed by atoms with Gasteiger partial charge in [-0.1, -0.05) is 58.9 Å². The van der Waals surface area contributed by atoms with E-state index in [-0.39, 0.29) is 0 Å². The smallest absolute Gasteiger partial charge is 0.0323 e. The molecule has 0 aromatic heterocycles. The minimum Gasteiger partial charge on any atom is -0.297 e. The van der Waals surface area contributed by atoms with Gasteiger partial charge in [-0.05, 0) is 41.8 Å². The van der Waals surface area contributed by atoms with Crippen molar-refractivity contribution in [3.05, 3.63) is 35.4 Å². The number of hydrogen-bond donors (Lipinski definition) is 0. The van der Waals surface area contributed by atoms with Crippen LogP contribution in [0.3, 0.4) is 0 Å². The van der Waals surface area contributed by atoms with E-state index in [1.165, 1.54) is 6.42 Å². The molecule has 0 bridgehead atoms. The zero-order chi connectivity index (χ0) is 14.7. The lowest BCUT2D eigenvalue weighted by Gasteiger charge is -2.36.